The van der Waals surface area contributed by atoms with Crippen LogP contribution in [0.2, 0.25) is 0 Å². The highest BCUT2D eigenvalue weighted by Gasteiger charge is 2.20. The third kappa shape index (κ3) is 3.24. The van der Waals surface area contributed by atoms with Crippen LogP contribution in [0.3, 0.4) is 0 Å². The average Bonchev–Trinajstić information content (AvgIpc) is 3.41. The Morgan fingerprint density at radius 1 is 1.28 bits per heavy atom. The molecule has 0 bridgehead atoms. The lowest BCUT2D eigenvalue weighted by Crippen LogP contribution is -2.27. The molecule has 1 amide bonds. The van der Waals surface area contributed by atoms with Gasteiger partial charge in [0.05, 0.1) is 29.5 Å². The number of carbonyl (C=O) groups excluding carboxylic acids is 1. The Morgan fingerprint density at radius 3 is 3.03 bits per heavy atom. The topological polar surface area (TPSA) is 111 Å². The van der Waals surface area contributed by atoms with E-state index in [0.29, 0.717) is 23.4 Å². The molecule has 4 heterocycles. The Morgan fingerprint density at radius 2 is 2.21 bits per heavy atom. The molecule has 0 spiro atoms. The molecular weight excluding hydrogens is 386 g/mol. The Kier molecular flexibility index (Phi) is 4.45. The molecule has 8 nitrogen and oxygen atoms in total. The highest BCUT2D eigenvalue weighted by Crippen LogP contribution is 2.25. The standard InChI is InChI=1S/C20H19N7OS/c21-18(28)13-4-1-5-17-14(13)11-24-27(17)20-25-16-6-7-22-10-15(16)19(26-20)23-9-12-3-2-8-29-12/h1-5,8,11,22H,6-7,9-10H2,(H2,21,28)(H,23,25,26). The van der Waals surface area contributed by atoms with Gasteiger partial charge in [-0.1, -0.05) is 12.1 Å². The van der Waals surface area contributed by atoms with Gasteiger partial charge in [0.1, 0.15) is 5.82 Å². The molecule has 5 rings (SSSR count). The average molecular weight is 405 g/mol. The largest absolute Gasteiger partial charge is 0.366 e. The maximum absolute atomic E-state index is 11.7. The molecule has 4 N–H and O–H groups in total. The quantitative estimate of drug-likeness (QED) is 0.470. The van der Waals surface area contributed by atoms with E-state index in [4.69, 9.17) is 15.7 Å². The SMILES string of the molecule is NC(=O)c1cccc2c1cnn2-c1nc2c(c(NCc3cccs3)n1)CNCC2. The third-order valence-corrected chi connectivity index (χ3v) is 5.88. The van der Waals surface area contributed by atoms with Crippen LogP contribution in [0.1, 0.15) is 26.5 Å². The van der Waals surface area contributed by atoms with Gasteiger partial charge in [-0.25, -0.2) is 4.98 Å². The van der Waals surface area contributed by atoms with Gasteiger partial charge in [0, 0.05) is 35.3 Å². The monoisotopic (exact) mass is 405 g/mol. The van der Waals surface area contributed by atoms with Crippen molar-refractivity contribution in [3.05, 3.63) is 63.6 Å². The Hall–Kier alpha value is -3.30. The lowest BCUT2D eigenvalue weighted by Gasteiger charge is -2.20. The highest BCUT2D eigenvalue weighted by molar-refractivity contribution is 7.09. The number of thiophene rings is 1. The molecule has 0 unspecified atom stereocenters. The number of benzene rings is 1. The summed E-state index contributed by atoms with van der Waals surface area (Å²) < 4.78 is 1.67. The second-order valence-electron chi connectivity index (χ2n) is 6.82. The zero-order chi connectivity index (χ0) is 19.8. The van der Waals surface area contributed by atoms with Crippen molar-refractivity contribution in [1.82, 2.24) is 25.1 Å². The Balaban J connectivity index is 1.60. The fraction of sp³-hybridized carbons (Fsp3) is 0.200. The number of fused-ring (bicyclic) bond motifs is 2. The predicted octanol–water partition coefficient (Wildman–Crippen LogP) is 2.23. The summed E-state index contributed by atoms with van der Waals surface area (Å²) in [4.78, 5) is 22.5. The van der Waals surface area contributed by atoms with E-state index < -0.39 is 5.91 Å². The van der Waals surface area contributed by atoms with Crippen molar-refractivity contribution < 1.29 is 4.79 Å². The zero-order valence-corrected chi connectivity index (χ0v) is 16.4. The second kappa shape index (κ2) is 7.26. The van der Waals surface area contributed by atoms with Gasteiger partial charge >= 0.3 is 0 Å². The van der Waals surface area contributed by atoms with E-state index in [1.807, 2.05) is 12.1 Å². The number of aromatic nitrogens is 4. The van der Waals surface area contributed by atoms with Gasteiger partial charge in [-0.15, -0.1) is 11.3 Å². The van der Waals surface area contributed by atoms with Gasteiger partial charge in [0.2, 0.25) is 5.91 Å². The fourth-order valence-corrected chi connectivity index (χ4v) is 4.22. The maximum atomic E-state index is 11.7. The molecule has 0 radical (unpaired) electrons. The van der Waals surface area contributed by atoms with Crippen molar-refractivity contribution >= 4 is 34.0 Å². The van der Waals surface area contributed by atoms with Gasteiger partial charge in [0.25, 0.3) is 5.95 Å². The predicted molar refractivity (Wildman–Crippen MR) is 112 cm³/mol. The Labute approximate surface area is 170 Å². The first-order chi connectivity index (χ1) is 14.2. The number of hydrogen-bond donors (Lipinski definition) is 3. The van der Waals surface area contributed by atoms with Crippen LogP contribution >= 0.6 is 11.3 Å². The minimum absolute atomic E-state index is 0.437. The molecule has 0 saturated carbocycles. The van der Waals surface area contributed by atoms with Crippen molar-refractivity contribution in [2.24, 2.45) is 5.73 Å². The number of hydrogen-bond acceptors (Lipinski definition) is 7. The lowest BCUT2D eigenvalue weighted by atomic mass is 10.1. The van der Waals surface area contributed by atoms with Crippen LogP contribution in [0.25, 0.3) is 16.9 Å². The molecule has 0 saturated heterocycles. The lowest BCUT2D eigenvalue weighted by molar-refractivity contribution is 0.100. The molecule has 4 aromatic rings. The van der Waals surface area contributed by atoms with Crippen molar-refractivity contribution in [2.75, 3.05) is 11.9 Å². The van der Waals surface area contributed by atoms with Crippen molar-refractivity contribution in [3.63, 3.8) is 0 Å². The summed E-state index contributed by atoms with van der Waals surface area (Å²) in [5, 5.41) is 14.0. The van der Waals surface area contributed by atoms with Crippen LogP contribution in [0.4, 0.5) is 5.82 Å². The summed E-state index contributed by atoms with van der Waals surface area (Å²) in [5.41, 5.74) is 8.79. The van der Waals surface area contributed by atoms with E-state index in [-0.39, 0.29) is 0 Å². The first-order valence-electron chi connectivity index (χ1n) is 9.34. The molecular formula is C20H19N7OS. The van der Waals surface area contributed by atoms with Gasteiger partial charge < -0.3 is 16.4 Å². The normalized spacial score (nSPS) is 13.4. The van der Waals surface area contributed by atoms with Crippen LogP contribution in [0.15, 0.2) is 41.9 Å². The maximum Gasteiger partial charge on any atom is 0.253 e. The number of nitrogens with one attached hydrogen (secondary N) is 2. The summed E-state index contributed by atoms with van der Waals surface area (Å²) in [6.07, 6.45) is 2.46. The number of rotatable bonds is 5. The van der Waals surface area contributed by atoms with E-state index in [1.165, 1.54) is 4.88 Å². The number of nitrogens with two attached hydrogens (primary N) is 1. The minimum Gasteiger partial charge on any atom is -0.366 e. The van der Waals surface area contributed by atoms with Crippen molar-refractivity contribution in [2.45, 2.75) is 19.5 Å². The van der Waals surface area contributed by atoms with E-state index in [1.54, 1.807) is 34.3 Å². The summed E-state index contributed by atoms with van der Waals surface area (Å²) in [5.74, 6) is 0.808. The second-order valence-corrected chi connectivity index (χ2v) is 7.85. The molecule has 1 aromatic carbocycles. The van der Waals surface area contributed by atoms with Crippen LogP contribution in [-0.2, 0) is 19.5 Å². The molecule has 0 atom stereocenters. The number of carbonyl (C=O) groups is 1. The third-order valence-electron chi connectivity index (χ3n) is 5.00. The number of anilines is 1. The van der Waals surface area contributed by atoms with Crippen LogP contribution < -0.4 is 16.4 Å². The first kappa shape index (κ1) is 17.8. The summed E-state index contributed by atoms with van der Waals surface area (Å²) in [6.45, 7) is 2.31. The van der Waals surface area contributed by atoms with Gasteiger partial charge in [-0.2, -0.15) is 14.8 Å². The van der Waals surface area contributed by atoms with Crippen LogP contribution in [0, 0.1) is 0 Å². The molecule has 0 aliphatic carbocycles. The highest BCUT2D eigenvalue weighted by atomic mass is 32.1. The van der Waals surface area contributed by atoms with Gasteiger partial charge in [-0.3, -0.25) is 4.79 Å². The van der Waals surface area contributed by atoms with Gasteiger partial charge in [0.15, 0.2) is 0 Å². The Bertz CT molecular complexity index is 1200. The number of primary amides is 1. The fourth-order valence-electron chi connectivity index (χ4n) is 3.58. The summed E-state index contributed by atoms with van der Waals surface area (Å²) in [6, 6.07) is 9.51. The minimum atomic E-state index is -0.481. The molecule has 1 aliphatic rings. The van der Waals surface area contributed by atoms with E-state index in [0.717, 1.165) is 42.1 Å². The zero-order valence-electron chi connectivity index (χ0n) is 15.6. The van der Waals surface area contributed by atoms with Crippen LogP contribution in [0.5, 0.6) is 0 Å². The first-order valence-corrected chi connectivity index (χ1v) is 10.2. The van der Waals surface area contributed by atoms with Crippen LogP contribution in [-0.4, -0.2) is 32.2 Å². The summed E-state index contributed by atoms with van der Waals surface area (Å²) in [7, 11) is 0. The molecule has 1 aliphatic heterocycles. The van der Waals surface area contributed by atoms with Gasteiger partial charge in [-0.05, 0) is 23.6 Å². The molecule has 29 heavy (non-hydrogen) atoms. The van der Waals surface area contributed by atoms with Crippen molar-refractivity contribution in [1.29, 1.82) is 0 Å². The molecule has 9 heteroatoms. The molecule has 0 fully saturated rings. The molecule has 146 valence electrons. The van der Waals surface area contributed by atoms with Crippen molar-refractivity contribution in [3.8, 4) is 5.95 Å². The summed E-state index contributed by atoms with van der Waals surface area (Å²) >= 11 is 1.70. The van der Waals surface area contributed by atoms with E-state index >= 15 is 0 Å². The smallest absolute Gasteiger partial charge is 0.253 e. The number of nitrogens with zero attached hydrogens (tertiary/aromatic N) is 4. The number of amides is 1. The molecule has 3 aromatic heterocycles. The van der Waals surface area contributed by atoms with E-state index in [9.17, 15) is 4.79 Å². The van der Waals surface area contributed by atoms with E-state index in [2.05, 4.69) is 27.2 Å².